The zero-order valence-electron chi connectivity index (χ0n) is 11.5. The van der Waals surface area contributed by atoms with Gasteiger partial charge in [-0.25, -0.2) is 0 Å². The van der Waals surface area contributed by atoms with Gasteiger partial charge >= 0.3 is 0 Å². The van der Waals surface area contributed by atoms with Crippen molar-refractivity contribution in [2.75, 3.05) is 5.32 Å². The molecule has 104 valence electrons. The number of unbranched alkanes of at least 4 members (excludes halogenated alkanes) is 1. The molecule has 0 saturated carbocycles. The van der Waals surface area contributed by atoms with E-state index in [2.05, 4.69) is 29.4 Å². The predicted octanol–water partition coefficient (Wildman–Crippen LogP) is 4.34. The number of pyridine rings is 1. The Morgan fingerprint density at radius 1 is 1.25 bits per heavy atom. The summed E-state index contributed by atoms with van der Waals surface area (Å²) in [6, 6.07) is 11.4. The summed E-state index contributed by atoms with van der Waals surface area (Å²) in [5.74, 6) is -0.187. The molecule has 0 spiro atoms. The first kappa shape index (κ1) is 14.5. The van der Waals surface area contributed by atoms with Gasteiger partial charge in [-0.15, -0.1) is 0 Å². The van der Waals surface area contributed by atoms with Crippen LogP contribution in [0, 0.1) is 4.64 Å². The van der Waals surface area contributed by atoms with E-state index < -0.39 is 0 Å². The lowest BCUT2D eigenvalue weighted by atomic mass is 10.1. The molecule has 0 aliphatic carbocycles. The number of aryl methyl sites for hydroxylation is 1. The van der Waals surface area contributed by atoms with Crippen molar-refractivity contribution in [2.24, 2.45) is 0 Å². The fourth-order valence-corrected chi connectivity index (χ4v) is 2.16. The van der Waals surface area contributed by atoms with Gasteiger partial charge in [-0.3, -0.25) is 4.79 Å². The van der Waals surface area contributed by atoms with Crippen LogP contribution in [0.4, 0.5) is 5.69 Å². The van der Waals surface area contributed by atoms with Crippen LogP contribution in [0.25, 0.3) is 0 Å². The second kappa shape index (κ2) is 7.01. The van der Waals surface area contributed by atoms with E-state index in [1.807, 2.05) is 12.1 Å². The normalized spacial score (nSPS) is 10.2. The number of hydrogen-bond acceptors (Lipinski definition) is 2. The lowest BCUT2D eigenvalue weighted by Gasteiger charge is -2.06. The van der Waals surface area contributed by atoms with E-state index in [1.54, 1.807) is 18.3 Å². The molecule has 1 heterocycles. The fraction of sp³-hybridized carbons (Fsp3) is 0.250. The number of rotatable bonds is 5. The Kier molecular flexibility index (Phi) is 5.07. The number of aromatic nitrogens is 1. The number of anilines is 1. The summed E-state index contributed by atoms with van der Waals surface area (Å²) in [6.45, 7) is 2.18. The minimum absolute atomic E-state index is 0.187. The van der Waals surface area contributed by atoms with Gasteiger partial charge in [0.1, 0.15) is 4.64 Å². The van der Waals surface area contributed by atoms with Crippen molar-refractivity contribution in [3.8, 4) is 0 Å². The van der Waals surface area contributed by atoms with Gasteiger partial charge in [0.2, 0.25) is 0 Å². The second-order valence-electron chi connectivity index (χ2n) is 4.67. The third-order valence-electron chi connectivity index (χ3n) is 3.09. The molecule has 0 bridgehead atoms. The first-order valence-corrected chi connectivity index (χ1v) is 7.19. The quantitative estimate of drug-likeness (QED) is 0.803. The van der Waals surface area contributed by atoms with Crippen LogP contribution >= 0.6 is 12.2 Å². The highest BCUT2D eigenvalue weighted by molar-refractivity contribution is 7.71. The predicted molar refractivity (Wildman–Crippen MR) is 84.6 cm³/mol. The van der Waals surface area contributed by atoms with E-state index in [0.29, 0.717) is 10.2 Å². The summed E-state index contributed by atoms with van der Waals surface area (Å²) in [5, 5.41) is 2.86. The molecule has 0 aliphatic rings. The van der Waals surface area contributed by atoms with Gasteiger partial charge in [0, 0.05) is 11.9 Å². The summed E-state index contributed by atoms with van der Waals surface area (Å²) < 4.78 is 0.449. The van der Waals surface area contributed by atoms with Gasteiger partial charge in [-0.1, -0.05) is 37.7 Å². The summed E-state index contributed by atoms with van der Waals surface area (Å²) in [7, 11) is 0. The van der Waals surface area contributed by atoms with Crippen molar-refractivity contribution >= 4 is 23.8 Å². The standard InChI is InChI=1S/C16H18N2OS/c1-2-3-5-12-7-9-13(10-8-12)18-15(19)14-6-4-11-17-16(14)20/h4,6-11H,2-3,5H2,1H3,(H,17,20)(H,18,19). The lowest BCUT2D eigenvalue weighted by molar-refractivity contribution is 0.102. The van der Waals surface area contributed by atoms with E-state index >= 15 is 0 Å². The molecule has 4 heteroatoms. The molecule has 0 aliphatic heterocycles. The summed E-state index contributed by atoms with van der Waals surface area (Å²) in [5.41, 5.74) is 2.56. The molecule has 2 aromatic rings. The molecule has 2 N–H and O–H groups in total. The number of H-pyrrole nitrogens is 1. The lowest BCUT2D eigenvalue weighted by Crippen LogP contribution is -2.12. The molecule has 0 unspecified atom stereocenters. The molecule has 0 saturated heterocycles. The molecule has 0 radical (unpaired) electrons. The van der Waals surface area contributed by atoms with Crippen molar-refractivity contribution in [1.29, 1.82) is 0 Å². The molecule has 20 heavy (non-hydrogen) atoms. The Balaban J connectivity index is 2.05. The SMILES string of the molecule is CCCCc1ccc(NC(=O)c2ccc[nH]c2=S)cc1. The second-order valence-corrected chi connectivity index (χ2v) is 5.08. The van der Waals surface area contributed by atoms with Crippen LogP contribution in [0.15, 0.2) is 42.6 Å². The molecular formula is C16H18N2OS. The van der Waals surface area contributed by atoms with E-state index in [1.165, 1.54) is 18.4 Å². The van der Waals surface area contributed by atoms with Gasteiger partial charge in [-0.2, -0.15) is 0 Å². The van der Waals surface area contributed by atoms with Crippen LogP contribution in [0.5, 0.6) is 0 Å². The Morgan fingerprint density at radius 3 is 2.65 bits per heavy atom. The van der Waals surface area contributed by atoms with Crippen molar-refractivity contribution in [3.63, 3.8) is 0 Å². The molecule has 0 fully saturated rings. The van der Waals surface area contributed by atoms with E-state index in [4.69, 9.17) is 12.2 Å². The zero-order chi connectivity index (χ0) is 14.4. The largest absolute Gasteiger partial charge is 0.352 e. The monoisotopic (exact) mass is 286 g/mol. The third kappa shape index (κ3) is 3.78. The van der Waals surface area contributed by atoms with Crippen molar-refractivity contribution in [2.45, 2.75) is 26.2 Å². The van der Waals surface area contributed by atoms with Crippen molar-refractivity contribution in [1.82, 2.24) is 4.98 Å². The first-order valence-electron chi connectivity index (χ1n) is 6.78. The summed E-state index contributed by atoms with van der Waals surface area (Å²) in [4.78, 5) is 14.9. The maximum atomic E-state index is 12.1. The van der Waals surface area contributed by atoms with E-state index in [-0.39, 0.29) is 5.91 Å². The maximum Gasteiger partial charge on any atom is 0.258 e. The topological polar surface area (TPSA) is 44.9 Å². The summed E-state index contributed by atoms with van der Waals surface area (Å²) in [6.07, 6.45) is 5.16. The molecule has 0 atom stereocenters. The Hall–Kier alpha value is -1.94. The Labute approximate surface area is 124 Å². The Morgan fingerprint density at radius 2 is 2.00 bits per heavy atom. The van der Waals surface area contributed by atoms with E-state index in [0.717, 1.165) is 12.1 Å². The number of carbonyl (C=O) groups excluding carboxylic acids is 1. The molecule has 3 nitrogen and oxygen atoms in total. The van der Waals surface area contributed by atoms with Crippen LogP contribution in [0.1, 0.15) is 35.7 Å². The molecule has 1 amide bonds. The fourth-order valence-electron chi connectivity index (χ4n) is 1.93. The highest BCUT2D eigenvalue weighted by Gasteiger charge is 2.07. The van der Waals surface area contributed by atoms with E-state index in [9.17, 15) is 4.79 Å². The molecular weight excluding hydrogens is 268 g/mol. The number of carbonyl (C=O) groups is 1. The minimum atomic E-state index is -0.187. The number of hydrogen-bond donors (Lipinski definition) is 2. The van der Waals surface area contributed by atoms with Crippen molar-refractivity contribution < 1.29 is 4.79 Å². The van der Waals surface area contributed by atoms with Crippen LogP contribution in [0.3, 0.4) is 0 Å². The summed E-state index contributed by atoms with van der Waals surface area (Å²) >= 11 is 5.10. The van der Waals surface area contributed by atoms with Gasteiger partial charge < -0.3 is 10.3 Å². The molecule has 2 rings (SSSR count). The number of nitrogens with one attached hydrogen (secondary N) is 2. The van der Waals surface area contributed by atoms with Gasteiger partial charge in [-0.05, 0) is 42.7 Å². The molecule has 1 aromatic carbocycles. The maximum absolute atomic E-state index is 12.1. The van der Waals surface area contributed by atoms with Gasteiger partial charge in [0.25, 0.3) is 5.91 Å². The number of aromatic amines is 1. The number of benzene rings is 1. The van der Waals surface area contributed by atoms with Crippen LogP contribution in [0.2, 0.25) is 0 Å². The highest BCUT2D eigenvalue weighted by atomic mass is 32.1. The molecule has 1 aromatic heterocycles. The van der Waals surface area contributed by atoms with Crippen LogP contribution in [-0.4, -0.2) is 10.9 Å². The van der Waals surface area contributed by atoms with Gasteiger partial charge in [0.15, 0.2) is 0 Å². The van der Waals surface area contributed by atoms with Gasteiger partial charge in [0.05, 0.1) is 5.56 Å². The average Bonchev–Trinajstić information content (AvgIpc) is 2.47. The highest BCUT2D eigenvalue weighted by Crippen LogP contribution is 2.13. The smallest absolute Gasteiger partial charge is 0.258 e. The first-order chi connectivity index (χ1) is 9.70. The van der Waals surface area contributed by atoms with Crippen molar-refractivity contribution in [3.05, 3.63) is 58.4 Å². The number of amides is 1. The zero-order valence-corrected chi connectivity index (χ0v) is 12.3. The average molecular weight is 286 g/mol. The Bertz CT molecular complexity index is 631. The minimum Gasteiger partial charge on any atom is -0.352 e. The van der Waals surface area contributed by atoms with Crippen LogP contribution < -0.4 is 5.32 Å². The third-order valence-corrected chi connectivity index (χ3v) is 3.43. The van der Waals surface area contributed by atoms with Crippen LogP contribution in [-0.2, 0) is 6.42 Å².